The van der Waals surface area contributed by atoms with Gasteiger partial charge in [-0.2, -0.15) is 13.2 Å². The number of anilines is 2. The van der Waals surface area contributed by atoms with Crippen molar-refractivity contribution >= 4 is 17.3 Å². The highest BCUT2D eigenvalue weighted by Crippen LogP contribution is 2.31. The maximum atomic E-state index is 12.8. The lowest BCUT2D eigenvalue weighted by Crippen LogP contribution is -2.23. The topological polar surface area (TPSA) is 66.9 Å². The molecule has 2 heterocycles. The molecule has 0 bridgehead atoms. The van der Waals surface area contributed by atoms with Gasteiger partial charge >= 0.3 is 6.18 Å². The van der Waals surface area contributed by atoms with Crippen molar-refractivity contribution in [1.29, 1.82) is 0 Å². The van der Waals surface area contributed by atoms with Gasteiger partial charge in [0.15, 0.2) is 0 Å². The lowest BCUT2D eigenvalue weighted by molar-refractivity contribution is -0.137. The number of alkyl halides is 3. The van der Waals surface area contributed by atoms with E-state index < -0.39 is 11.7 Å². The molecule has 138 valence electrons. The maximum absolute atomic E-state index is 12.8. The molecule has 0 saturated carbocycles. The molecule has 2 N–H and O–H groups in total. The fraction of sp³-hybridized carbons (Fsp3) is 0.105. The van der Waals surface area contributed by atoms with Gasteiger partial charge < -0.3 is 10.6 Å². The Hall–Kier alpha value is -3.42. The highest BCUT2D eigenvalue weighted by atomic mass is 19.4. The summed E-state index contributed by atoms with van der Waals surface area (Å²) >= 11 is 0. The number of rotatable bonds is 5. The Kier molecular flexibility index (Phi) is 5.35. The molecule has 3 aromatic rings. The van der Waals surface area contributed by atoms with Crippen molar-refractivity contribution in [2.24, 2.45) is 0 Å². The largest absolute Gasteiger partial charge is 0.416 e. The zero-order valence-electron chi connectivity index (χ0n) is 14.0. The smallest absolute Gasteiger partial charge is 0.354 e. The third-order valence-electron chi connectivity index (χ3n) is 3.65. The lowest BCUT2D eigenvalue weighted by Gasteiger charge is -2.11. The predicted molar refractivity (Wildman–Crippen MR) is 94.4 cm³/mol. The van der Waals surface area contributed by atoms with E-state index >= 15 is 0 Å². The number of hydrogen-bond acceptors (Lipinski definition) is 4. The second kappa shape index (κ2) is 7.86. The Bertz CT molecular complexity index is 929. The number of halogens is 3. The number of aromatic nitrogens is 2. The summed E-state index contributed by atoms with van der Waals surface area (Å²) in [6.45, 7) is 0.304. The molecule has 5 nitrogen and oxygen atoms in total. The molecule has 2 aromatic heterocycles. The van der Waals surface area contributed by atoms with Crippen molar-refractivity contribution in [2.45, 2.75) is 12.7 Å². The summed E-state index contributed by atoms with van der Waals surface area (Å²) in [6.07, 6.45) is 1.67. The van der Waals surface area contributed by atoms with Crippen LogP contribution in [0.2, 0.25) is 0 Å². The SMILES string of the molecule is O=C(NCc1cccnc1)c1cncc(Nc2cccc(C(F)(F)F)c2)c1. The Morgan fingerprint density at radius 1 is 0.963 bits per heavy atom. The first-order valence-electron chi connectivity index (χ1n) is 7.98. The van der Waals surface area contributed by atoms with E-state index in [9.17, 15) is 18.0 Å². The van der Waals surface area contributed by atoms with Gasteiger partial charge in [0.1, 0.15) is 0 Å². The first-order valence-corrected chi connectivity index (χ1v) is 7.98. The van der Waals surface area contributed by atoms with Gasteiger partial charge in [-0.15, -0.1) is 0 Å². The number of benzene rings is 1. The molecule has 0 radical (unpaired) electrons. The third kappa shape index (κ3) is 5.04. The van der Waals surface area contributed by atoms with Gasteiger partial charge in [0, 0.05) is 30.8 Å². The zero-order valence-corrected chi connectivity index (χ0v) is 14.0. The van der Waals surface area contributed by atoms with Crippen LogP contribution in [0.4, 0.5) is 24.5 Å². The average Bonchev–Trinajstić information content (AvgIpc) is 2.67. The van der Waals surface area contributed by atoms with Gasteiger partial charge in [-0.25, -0.2) is 0 Å². The van der Waals surface area contributed by atoms with Crippen LogP contribution in [-0.4, -0.2) is 15.9 Å². The number of carbonyl (C=O) groups excluding carboxylic acids is 1. The molecule has 0 atom stereocenters. The molecule has 0 aliphatic heterocycles. The number of amides is 1. The summed E-state index contributed by atoms with van der Waals surface area (Å²) in [5.41, 5.74) is 1.03. The van der Waals surface area contributed by atoms with E-state index in [-0.39, 0.29) is 17.2 Å². The Balaban J connectivity index is 1.69. The fourth-order valence-corrected chi connectivity index (χ4v) is 2.36. The quantitative estimate of drug-likeness (QED) is 0.706. The van der Waals surface area contributed by atoms with E-state index in [1.165, 1.54) is 30.6 Å². The minimum atomic E-state index is -4.43. The molecular formula is C19H15F3N4O. The summed E-state index contributed by atoms with van der Waals surface area (Å²) in [7, 11) is 0. The van der Waals surface area contributed by atoms with Crippen LogP contribution in [0.3, 0.4) is 0 Å². The predicted octanol–water partition coefficient (Wildman–Crippen LogP) is 4.17. The van der Waals surface area contributed by atoms with E-state index in [2.05, 4.69) is 20.6 Å². The van der Waals surface area contributed by atoms with Crippen LogP contribution in [0.25, 0.3) is 0 Å². The zero-order chi connectivity index (χ0) is 19.3. The molecule has 1 amide bonds. The van der Waals surface area contributed by atoms with Crippen molar-refractivity contribution in [3.63, 3.8) is 0 Å². The van der Waals surface area contributed by atoms with Gasteiger partial charge in [-0.3, -0.25) is 14.8 Å². The summed E-state index contributed by atoms with van der Waals surface area (Å²) < 4.78 is 38.4. The van der Waals surface area contributed by atoms with Crippen LogP contribution in [0.15, 0.2) is 67.3 Å². The van der Waals surface area contributed by atoms with Crippen LogP contribution >= 0.6 is 0 Å². The van der Waals surface area contributed by atoms with Crippen molar-refractivity contribution < 1.29 is 18.0 Å². The molecule has 8 heteroatoms. The number of nitrogens with zero attached hydrogens (tertiary/aromatic N) is 2. The fourth-order valence-electron chi connectivity index (χ4n) is 2.36. The lowest BCUT2D eigenvalue weighted by atomic mass is 10.2. The van der Waals surface area contributed by atoms with E-state index in [0.717, 1.165) is 17.7 Å². The Labute approximate surface area is 153 Å². The highest BCUT2D eigenvalue weighted by molar-refractivity contribution is 5.94. The second-order valence-corrected chi connectivity index (χ2v) is 5.71. The van der Waals surface area contributed by atoms with Gasteiger partial charge in [0.05, 0.1) is 23.0 Å². The molecular weight excluding hydrogens is 357 g/mol. The van der Waals surface area contributed by atoms with E-state index in [4.69, 9.17) is 0 Å². The molecule has 1 aromatic carbocycles. The van der Waals surface area contributed by atoms with Crippen LogP contribution in [0.1, 0.15) is 21.5 Å². The van der Waals surface area contributed by atoms with Gasteiger partial charge in [0.25, 0.3) is 5.91 Å². The van der Waals surface area contributed by atoms with E-state index in [1.54, 1.807) is 18.5 Å². The molecule has 27 heavy (non-hydrogen) atoms. The summed E-state index contributed by atoms with van der Waals surface area (Å²) in [6, 6.07) is 9.92. The van der Waals surface area contributed by atoms with Crippen molar-refractivity contribution in [1.82, 2.24) is 15.3 Å². The maximum Gasteiger partial charge on any atom is 0.416 e. The average molecular weight is 372 g/mol. The van der Waals surface area contributed by atoms with Crippen molar-refractivity contribution in [3.05, 3.63) is 83.9 Å². The molecule has 3 rings (SSSR count). The number of hydrogen-bond donors (Lipinski definition) is 2. The number of pyridine rings is 2. The van der Waals surface area contributed by atoms with Gasteiger partial charge in [0.2, 0.25) is 0 Å². The highest BCUT2D eigenvalue weighted by Gasteiger charge is 2.30. The second-order valence-electron chi connectivity index (χ2n) is 5.71. The molecule has 0 aliphatic carbocycles. The minimum absolute atomic E-state index is 0.250. The summed E-state index contributed by atoms with van der Waals surface area (Å²) in [5.74, 6) is -0.348. The van der Waals surface area contributed by atoms with Crippen molar-refractivity contribution in [2.75, 3.05) is 5.32 Å². The summed E-state index contributed by atoms with van der Waals surface area (Å²) in [4.78, 5) is 20.2. The normalized spacial score (nSPS) is 11.1. The summed E-state index contributed by atoms with van der Waals surface area (Å²) in [5, 5.41) is 5.57. The molecule has 0 fully saturated rings. The number of carbonyl (C=O) groups is 1. The monoisotopic (exact) mass is 372 g/mol. The first kappa shape index (κ1) is 18.4. The third-order valence-corrected chi connectivity index (χ3v) is 3.65. The van der Waals surface area contributed by atoms with Crippen molar-refractivity contribution in [3.8, 4) is 0 Å². The minimum Gasteiger partial charge on any atom is -0.354 e. The standard InChI is InChI=1S/C19H15F3N4O/c20-19(21,22)15-4-1-5-16(8-15)26-17-7-14(11-24-12-17)18(27)25-10-13-3-2-6-23-9-13/h1-9,11-12,26H,10H2,(H,25,27). The van der Waals surface area contributed by atoms with Crippen LogP contribution in [-0.2, 0) is 12.7 Å². The molecule has 0 saturated heterocycles. The number of nitrogens with one attached hydrogen (secondary N) is 2. The molecule has 0 aliphatic rings. The Morgan fingerprint density at radius 3 is 2.56 bits per heavy atom. The first-order chi connectivity index (χ1) is 12.9. The molecule has 0 spiro atoms. The van der Waals surface area contributed by atoms with E-state index in [0.29, 0.717) is 12.2 Å². The van der Waals surface area contributed by atoms with Crippen LogP contribution < -0.4 is 10.6 Å². The van der Waals surface area contributed by atoms with Gasteiger partial charge in [-0.05, 0) is 35.9 Å². The molecule has 0 unspecified atom stereocenters. The van der Waals surface area contributed by atoms with E-state index in [1.807, 2.05) is 6.07 Å². The van der Waals surface area contributed by atoms with Crippen LogP contribution in [0.5, 0.6) is 0 Å². The van der Waals surface area contributed by atoms with Gasteiger partial charge in [-0.1, -0.05) is 12.1 Å². The van der Waals surface area contributed by atoms with Crippen LogP contribution in [0, 0.1) is 0 Å². The Morgan fingerprint density at radius 2 is 1.81 bits per heavy atom.